The number of carbonyl (C=O) groups is 7. The number of alkyl carbamates (subject to hydrolysis) is 1. The first kappa shape index (κ1) is 54.8. The summed E-state index contributed by atoms with van der Waals surface area (Å²) in [7, 11) is 5.92. The van der Waals surface area contributed by atoms with E-state index in [0.717, 1.165) is 43.2 Å². The molecule has 1 aromatic rings. The van der Waals surface area contributed by atoms with Crippen molar-refractivity contribution >= 4 is 70.5 Å². The van der Waals surface area contributed by atoms with Crippen LogP contribution in [-0.4, -0.2) is 144 Å². The minimum atomic E-state index is -1.87. The Balaban J connectivity index is 1.13. The summed E-state index contributed by atoms with van der Waals surface area (Å²) in [5.74, 6) is -1.69. The average Bonchev–Trinajstić information content (AvgIpc) is 3.96. The van der Waals surface area contributed by atoms with Crippen molar-refractivity contribution < 1.29 is 62.4 Å². The molecule has 0 radical (unpaired) electrons. The number of allylic oxidation sites excluding steroid dienone is 3. The van der Waals surface area contributed by atoms with Gasteiger partial charge in [0.2, 0.25) is 23.6 Å². The molecule has 386 valence electrons. The number of anilines is 1. The fraction of sp³-hybridized carbons (Fsp3) is 0.667. The van der Waals surface area contributed by atoms with Crippen LogP contribution >= 0.6 is 23.4 Å². The summed E-state index contributed by atoms with van der Waals surface area (Å²) in [4.78, 5) is 98.2. The topological polar surface area (TPSA) is 211 Å². The van der Waals surface area contributed by atoms with Crippen LogP contribution in [0.15, 0.2) is 35.9 Å². The van der Waals surface area contributed by atoms with Gasteiger partial charge in [0.05, 0.1) is 30.6 Å². The van der Waals surface area contributed by atoms with Crippen LogP contribution in [0, 0.1) is 23.7 Å². The van der Waals surface area contributed by atoms with Crippen molar-refractivity contribution in [3.05, 3.63) is 46.5 Å². The van der Waals surface area contributed by atoms with E-state index in [1.54, 1.807) is 45.2 Å². The van der Waals surface area contributed by atoms with Gasteiger partial charge in [-0.2, -0.15) is 0 Å². The summed E-state index contributed by atoms with van der Waals surface area (Å²) >= 11 is 8.05. The standard InChI is InChI=1S/C51H71ClN4O13S/c1-11-29(3)45(60)34-17-15-32(16-18-34)27-56-43(59)24-38(47(56)61)70-20-19-41(57)54(7)31(5)48(62)68-40-25-42(58)55(8)35-22-33(23-36(65-9)44(35)52)21-28(2)13-12-14-39(66-10)51(64)26-37(67-49(63)53-51)30(4)46-50(40,6)69-46/h12-14,22-23,29-32,34,37-40,46,64H,11,15-21,24-27H2,1-10H3,(H,53,63)/b14-12+,28-13+/t29?,30-,31+,32?,34?,37+,38?,39-,40+,46+,50+,51+/m1/s1. The summed E-state index contributed by atoms with van der Waals surface area (Å²) in [6.45, 7) is 11.2. The number of Topliss-reactive ketones (excluding diaryl/α,β-unsaturated/α-hetero) is 1. The van der Waals surface area contributed by atoms with E-state index in [2.05, 4.69) is 5.32 Å². The number of rotatable bonds is 14. The van der Waals surface area contributed by atoms with Crippen LogP contribution < -0.4 is 15.0 Å². The molecule has 70 heavy (non-hydrogen) atoms. The first-order chi connectivity index (χ1) is 33.0. The van der Waals surface area contributed by atoms with Gasteiger partial charge in [0.15, 0.2) is 5.72 Å². The third-order valence-electron chi connectivity index (χ3n) is 15.1. The first-order valence-electron chi connectivity index (χ1n) is 24.4. The molecule has 6 rings (SSSR count). The third-order valence-corrected chi connectivity index (χ3v) is 16.7. The number of hydrogen-bond acceptors (Lipinski definition) is 14. The number of halogens is 1. The maximum atomic E-state index is 14.4. The number of ketones is 1. The number of benzene rings is 1. The Bertz CT molecular complexity index is 2230. The van der Waals surface area contributed by atoms with Gasteiger partial charge in [-0.1, -0.05) is 56.2 Å². The zero-order valence-electron chi connectivity index (χ0n) is 42.1. The highest BCUT2D eigenvalue weighted by molar-refractivity contribution is 8.00. The van der Waals surface area contributed by atoms with Crippen LogP contribution in [0.1, 0.15) is 105 Å². The van der Waals surface area contributed by atoms with Crippen molar-refractivity contribution in [1.29, 1.82) is 0 Å². The second-order valence-electron chi connectivity index (χ2n) is 20.0. The number of epoxide rings is 1. The smallest absolute Gasteiger partial charge is 0.409 e. The minimum Gasteiger partial charge on any atom is -0.495 e. The number of aliphatic hydroxyl groups is 1. The number of amides is 5. The number of likely N-dealkylation sites (N-methyl/N-ethyl adjacent to an activating group) is 1. The summed E-state index contributed by atoms with van der Waals surface area (Å²) < 4.78 is 29.5. The molecular weight excluding hydrogens is 944 g/mol. The molecule has 10 atom stereocenters. The third kappa shape index (κ3) is 12.2. The number of methoxy groups -OCH3 is 2. The lowest BCUT2D eigenvalue weighted by atomic mass is 9.77. The lowest BCUT2D eigenvalue weighted by molar-refractivity contribution is -0.162. The molecular formula is C51H71ClN4O13S. The molecule has 1 saturated carbocycles. The number of likely N-dealkylation sites (tertiary alicyclic amines) is 1. The zero-order chi connectivity index (χ0) is 51.4. The normalized spacial score (nSPS) is 32.7. The molecule has 1 aromatic carbocycles. The molecule has 0 aromatic heterocycles. The lowest BCUT2D eigenvalue weighted by Gasteiger charge is -2.42. The number of hydrogen-bond donors (Lipinski definition) is 2. The Labute approximate surface area is 420 Å². The summed E-state index contributed by atoms with van der Waals surface area (Å²) in [5.41, 5.74) is -1.13. The molecule has 5 aliphatic rings. The zero-order valence-corrected chi connectivity index (χ0v) is 43.7. The fourth-order valence-corrected chi connectivity index (χ4v) is 11.6. The SMILES string of the molecule is CCC(C)C(=O)C1CCC(CN2C(=O)CC(SCCC(=O)N(C)[C@@H](C)C(=O)O[C@H]3CC(=O)N(C)c4cc(cc(OC)c4Cl)C/C(C)=C/C=C/[C@@H](OC)[C@@]4(O)C[C@H](OC(=O)N4)[C@@H](C)[C@@H]4O[C@@]34C)C2=O)CC1. The predicted octanol–water partition coefficient (Wildman–Crippen LogP) is 6.19. The Kier molecular flexibility index (Phi) is 18.0. The maximum absolute atomic E-state index is 14.4. The average molecular weight is 1020 g/mol. The van der Waals surface area contributed by atoms with Crippen LogP contribution in [0.5, 0.6) is 5.75 Å². The molecule has 1 aliphatic carbocycles. The van der Waals surface area contributed by atoms with Crippen LogP contribution in [0.25, 0.3) is 0 Å². The fourth-order valence-electron chi connectivity index (χ4n) is 10.1. The Morgan fingerprint density at radius 2 is 1.77 bits per heavy atom. The van der Waals surface area contributed by atoms with E-state index in [1.807, 2.05) is 26.8 Å². The van der Waals surface area contributed by atoms with E-state index in [0.29, 0.717) is 30.2 Å². The second kappa shape index (κ2) is 22.9. The van der Waals surface area contributed by atoms with Crippen molar-refractivity contribution in [3.63, 3.8) is 0 Å². The second-order valence-corrected chi connectivity index (χ2v) is 21.7. The molecule has 2 N–H and O–H groups in total. The molecule has 3 saturated heterocycles. The summed E-state index contributed by atoms with van der Waals surface area (Å²) in [5, 5.41) is 13.9. The van der Waals surface area contributed by atoms with Crippen molar-refractivity contribution in [2.75, 3.05) is 45.5 Å². The van der Waals surface area contributed by atoms with Gasteiger partial charge in [0, 0.05) is 70.5 Å². The van der Waals surface area contributed by atoms with Gasteiger partial charge in [-0.3, -0.25) is 34.2 Å². The maximum Gasteiger partial charge on any atom is 0.409 e. The number of nitrogens with zero attached hydrogens (tertiary/aromatic N) is 3. The van der Waals surface area contributed by atoms with E-state index in [1.165, 1.54) is 54.7 Å². The van der Waals surface area contributed by atoms with Gasteiger partial charge in [0.1, 0.15) is 46.5 Å². The highest BCUT2D eigenvalue weighted by Gasteiger charge is 2.64. The van der Waals surface area contributed by atoms with Crippen molar-refractivity contribution in [3.8, 4) is 5.75 Å². The number of esters is 1. The molecule has 5 amide bonds. The van der Waals surface area contributed by atoms with Gasteiger partial charge in [-0.25, -0.2) is 9.59 Å². The van der Waals surface area contributed by atoms with E-state index in [9.17, 15) is 38.7 Å². The van der Waals surface area contributed by atoms with Gasteiger partial charge in [0.25, 0.3) is 0 Å². The van der Waals surface area contributed by atoms with E-state index < -0.39 is 76.8 Å². The number of nitrogens with one attached hydrogen (secondary N) is 1. The van der Waals surface area contributed by atoms with Crippen molar-refractivity contribution in [1.82, 2.24) is 15.1 Å². The predicted molar refractivity (Wildman–Crippen MR) is 263 cm³/mol. The molecule has 19 heteroatoms. The quantitative estimate of drug-likeness (QED) is 0.121. The Hall–Kier alpha value is -4.49. The molecule has 4 aliphatic heterocycles. The molecule has 4 fully saturated rings. The van der Waals surface area contributed by atoms with E-state index >= 15 is 0 Å². The van der Waals surface area contributed by atoms with E-state index in [-0.39, 0.29) is 66.0 Å². The number of imide groups is 1. The highest BCUT2D eigenvalue weighted by atomic mass is 35.5. The van der Waals surface area contributed by atoms with Gasteiger partial charge in [-0.15, -0.1) is 11.8 Å². The number of ether oxygens (including phenoxy) is 5. The minimum absolute atomic E-state index is 0.0300. The Morgan fingerprint density at radius 3 is 2.43 bits per heavy atom. The summed E-state index contributed by atoms with van der Waals surface area (Å²) in [6.07, 6.45) is 4.43. The van der Waals surface area contributed by atoms with Crippen molar-refractivity contribution in [2.24, 2.45) is 23.7 Å². The Morgan fingerprint density at radius 1 is 1.07 bits per heavy atom. The van der Waals surface area contributed by atoms with Crippen molar-refractivity contribution in [2.45, 2.75) is 153 Å². The van der Waals surface area contributed by atoms with Crippen LogP contribution in [-0.2, 0) is 54.1 Å². The van der Waals surface area contributed by atoms with Crippen LogP contribution in [0.2, 0.25) is 5.02 Å². The lowest BCUT2D eigenvalue weighted by Crippen LogP contribution is -2.63. The number of fused-ring (bicyclic) bond motifs is 5. The van der Waals surface area contributed by atoms with Crippen LogP contribution in [0.4, 0.5) is 10.5 Å². The molecule has 0 spiro atoms. The largest absolute Gasteiger partial charge is 0.495 e. The van der Waals surface area contributed by atoms with Gasteiger partial charge >= 0.3 is 12.1 Å². The van der Waals surface area contributed by atoms with Crippen LogP contribution in [0.3, 0.4) is 0 Å². The highest BCUT2D eigenvalue weighted by Crippen LogP contribution is 2.49. The monoisotopic (exact) mass is 1010 g/mol. The van der Waals surface area contributed by atoms with Gasteiger partial charge < -0.3 is 38.6 Å². The number of thioether (sulfide) groups is 1. The molecule has 4 bridgehead atoms. The first-order valence-corrected chi connectivity index (χ1v) is 25.8. The molecule has 4 heterocycles. The van der Waals surface area contributed by atoms with E-state index in [4.69, 9.17) is 35.3 Å². The molecule has 17 nitrogen and oxygen atoms in total. The number of carbonyl (C=O) groups excluding carboxylic acids is 7. The molecule has 2 unspecified atom stereocenters. The van der Waals surface area contributed by atoms with Gasteiger partial charge in [-0.05, 0) is 82.9 Å². The summed E-state index contributed by atoms with van der Waals surface area (Å²) in [6, 6.07) is 2.43.